The molecule has 0 bridgehead atoms. The van der Waals surface area contributed by atoms with Gasteiger partial charge < -0.3 is 20.0 Å². The van der Waals surface area contributed by atoms with Crippen molar-refractivity contribution >= 4 is 41.1 Å². The number of nitrogens with zero attached hydrogens (tertiary/aromatic N) is 2. The second kappa shape index (κ2) is 54.9. The van der Waals surface area contributed by atoms with E-state index in [0.29, 0.717) is 11.5 Å². The first-order chi connectivity index (χ1) is 27.0. The van der Waals surface area contributed by atoms with Crippen molar-refractivity contribution in [3.05, 3.63) is 96.1 Å². The van der Waals surface area contributed by atoms with Crippen molar-refractivity contribution < 1.29 is 71.3 Å². The second-order valence-electron chi connectivity index (χ2n) is 9.96. The Kier molecular flexibility index (Phi) is 69.4. The van der Waals surface area contributed by atoms with Crippen molar-refractivity contribution in [2.45, 2.75) is 122 Å². The summed E-state index contributed by atoms with van der Waals surface area (Å²) in [7, 11) is 3.71. The summed E-state index contributed by atoms with van der Waals surface area (Å²) in [5.74, 6) is 4.07. The van der Waals surface area contributed by atoms with Gasteiger partial charge in [0.05, 0.1) is 11.0 Å². The van der Waals surface area contributed by atoms with Crippen LogP contribution in [0.1, 0.15) is 121 Å². The number of benzene rings is 2. The Labute approximate surface area is 393 Å². The number of carbonyl (C=O) groups excluding carboxylic acids is 3. The maximum atomic E-state index is 12.1. The topological polar surface area (TPSA) is 115 Å². The number of phenolic OH excluding ortho intramolecular Hbond substituents is 2. The summed E-state index contributed by atoms with van der Waals surface area (Å²) < 4.78 is 8.06. The predicted octanol–water partition coefficient (Wildman–Crippen LogP) is 12.1. The molecule has 2 aromatic carbocycles. The van der Waals surface area contributed by atoms with Crippen LogP contribution in [0.4, 0.5) is 0 Å². The molecule has 8 nitrogen and oxygen atoms in total. The van der Waals surface area contributed by atoms with Crippen molar-refractivity contribution in [3.8, 4) is 11.5 Å². The van der Waals surface area contributed by atoms with Gasteiger partial charge in [0.25, 0.3) is 0 Å². The molecular formula is C46H82Ag2N2O6S2. The van der Waals surface area contributed by atoms with E-state index in [4.69, 9.17) is 8.36 Å². The SMILES string of the molecule is C.C=C1C=CC(=O)C=C1.CC.CC.CC.CC.CC.CC.CC(c1ccc(O)cc1)C1SCCN(C)C1=O.CCc1ccc(O)cc1.CN1CCSCC1=O.[Ag].[O]=[Ag]. The molecule has 3 aliphatic rings. The number of aryl methyl sites for hydroxylation is 1. The third kappa shape index (κ3) is 38.1. The summed E-state index contributed by atoms with van der Waals surface area (Å²) in [6, 6.07) is 14.4. The molecule has 2 aromatic rings. The van der Waals surface area contributed by atoms with Crippen LogP contribution in [0.5, 0.6) is 11.5 Å². The first-order valence-electron chi connectivity index (χ1n) is 20.0. The van der Waals surface area contributed by atoms with Crippen LogP contribution in [0.2, 0.25) is 0 Å². The molecule has 2 saturated heterocycles. The quantitative estimate of drug-likeness (QED) is 0.292. The Hall–Kier alpha value is -2.15. The fourth-order valence-corrected chi connectivity index (χ4v) is 6.19. The zero-order chi connectivity index (χ0) is 45.1. The molecule has 2 atom stereocenters. The summed E-state index contributed by atoms with van der Waals surface area (Å²) in [6.07, 6.45) is 7.43. The van der Waals surface area contributed by atoms with Crippen LogP contribution < -0.4 is 0 Å². The number of hydrogen-bond acceptors (Lipinski definition) is 8. The number of ketones is 1. The van der Waals surface area contributed by atoms with E-state index in [-0.39, 0.29) is 64.3 Å². The Balaban J connectivity index is -0.0000000890. The zero-order valence-corrected chi connectivity index (χ0v) is 42.5. The van der Waals surface area contributed by atoms with Gasteiger partial charge in [0.2, 0.25) is 11.8 Å². The third-order valence-electron chi connectivity index (χ3n) is 6.71. The van der Waals surface area contributed by atoms with Crippen molar-refractivity contribution in [2.75, 3.05) is 44.4 Å². The van der Waals surface area contributed by atoms with Gasteiger partial charge in [-0.25, -0.2) is 0 Å². The Morgan fingerprint density at radius 1 is 0.707 bits per heavy atom. The summed E-state index contributed by atoms with van der Waals surface area (Å²) in [4.78, 5) is 36.7. The van der Waals surface area contributed by atoms with E-state index in [1.165, 1.54) is 17.7 Å². The average molecular weight is 1040 g/mol. The second-order valence-corrected chi connectivity index (χ2v) is 12.3. The minimum atomic E-state index is -0.00158. The molecule has 58 heavy (non-hydrogen) atoms. The van der Waals surface area contributed by atoms with Gasteiger partial charge in [0.15, 0.2) is 5.78 Å². The van der Waals surface area contributed by atoms with Crippen LogP contribution in [0, 0.1) is 0 Å². The molecule has 12 heteroatoms. The molecule has 346 valence electrons. The van der Waals surface area contributed by atoms with Crippen LogP contribution in [-0.4, -0.2) is 87.3 Å². The summed E-state index contributed by atoms with van der Waals surface area (Å²) in [5, 5.41) is 18.1. The van der Waals surface area contributed by atoms with Crippen molar-refractivity contribution in [1.82, 2.24) is 9.80 Å². The summed E-state index contributed by atoms with van der Waals surface area (Å²) in [6.45, 7) is 33.5. The molecule has 5 rings (SSSR count). The van der Waals surface area contributed by atoms with Gasteiger partial charge in [-0.3, -0.25) is 14.4 Å². The molecule has 0 aromatic heterocycles. The van der Waals surface area contributed by atoms with E-state index in [1.807, 2.05) is 121 Å². The molecule has 2 heterocycles. The van der Waals surface area contributed by atoms with Crippen LogP contribution >= 0.6 is 23.5 Å². The first kappa shape index (κ1) is 73.4. The number of phenols is 2. The Morgan fingerprint density at radius 2 is 1.10 bits per heavy atom. The maximum absolute atomic E-state index is 12.1. The van der Waals surface area contributed by atoms with E-state index < -0.39 is 0 Å². The molecule has 2 unspecified atom stereocenters. The number of thioether (sulfide) groups is 2. The monoisotopic (exact) mass is 1040 g/mol. The number of carbonyl (C=O) groups is 3. The minimum absolute atomic E-state index is 0. The Bertz CT molecular complexity index is 1240. The van der Waals surface area contributed by atoms with E-state index in [1.54, 1.807) is 90.8 Å². The van der Waals surface area contributed by atoms with E-state index in [0.717, 1.165) is 42.2 Å². The van der Waals surface area contributed by atoms with Gasteiger partial charge in [-0.2, -0.15) is 11.8 Å². The molecule has 2 N–H and O–H groups in total. The normalized spacial score (nSPS) is 14.2. The molecule has 1 radical (unpaired) electrons. The first-order valence-corrected chi connectivity index (χ1v) is 22.8. The standard InChI is InChI=1S/C13H17NO2S.C8H10O.C7H6O.C5H9NOS.6C2H6.CH4.2Ag.O/c1-9(10-3-5-11(15)6-4-10)12-13(16)14(2)7-8-17-12;1-2-7-3-5-8(9)6-4-7;1-6-2-4-7(8)5-3-6;1-6-2-3-8-4-5(6)7;6*1-2;;;;/h3-6,9,12,15H,7-8H2,1-2H3;3-6,9H,2H2,1H3;2-5H,1H2;2-4H2,1H3;6*1-2H3;1H4;;;. The van der Waals surface area contributed by atoms with E-state index in [2.05, 4.69) is 20.4 Å². The van der Waals surface area contributed by atoms with Gasteiger partial charge in [-0.15, -0.1) is 11.8 Å². The van der Waals surface area contributed by atoms with Crippen molar-refractivity contribution in [2.24, 2.45) is 0 Å². The molecular weight excluding hydrogens is 956 g/mol. The molecule has 0 spiro atoms. The predicted molar refractivity (Wildman–Crippen MR) is 251 cm³/mol. The number of allylic oxidation sites excluding steroid dienone is 5. The summed E-state index contributed by atoms with van der Waals surface area (Å²) in [5.41, 5.74) is 3.24. The Morgan fingerprint density at radius 3 is 1.45 bits per heavy atom. The summed E-state index contributed by atoms with van der Waals surface area (Å²) >= 11 is 5.14. The fourth-order valence-electron chi connectivity index (χ4n) is 3.84. The van der Waals surface area contributed by atoms with E-state index in [9.17, 15) is 19.5 Å². The molecule has 2 fully saturated rings. The van der Waals surface area contributed by atoms with Crippen LogP contribution in [-0.2, 0) is 67.5 Å². The van der Waals surface area contributed by atoms with Crippen molar-refractivity contribution in [1.29, 1.82) is 0 Å². The molecule has 1 aliphatic carbocycles. The number of aromatic hydroxyl groups is 2. The zero-order valence-electron chi connectivity index (χ0n) is 37.9. The van der Waals surface area contributed by atoms with Crippen LogP contribution in [0.15, 0.2) is 85.0 Å². The number of rotatable bonds is 3. The number of amides is 2. The van der Waals surface area contributed by atoms with Crippen LogP contribution in [0.3, 0.4) is 0 Å². The molecule has 0 saturated carbocycles. The van der Waals surface area contributed by atoms with Gasteiger partial charge in [0.1, 0.15) is 11.5 Å². The number of hydrogen-bond donors (Lipinski definition) is 2. The van der Waals surface area contributed by atoms with Gasteiger partial charge in [0, 0.05) is 67.0 Å². The van der Waals surface area contributed by atoms with E-state index >= 15 is 0 Å². The van der Waals surface area contributed by atoms with Crippen LogP contribution in [0.25, 0.3) is 0 Å². The van der Waals surface area contributed by atoms with Crippen molar-refractivity contribution in [3.63, 3.8) is 0 Å². The van der Waals surface area contributed by atoms with Gasteiger partial charge >= 0.3 is 24.3 Å². The molecule has 2 aliphatic heterocycles. The van der Waals surface area contributed by atoms with Gasteiger partial charge in [-0.1, -0.05) is 147 Å². The third-order valence-corrected chi connectivity index (χ3v) is 9.02. The van der Waals surface area contributed by atoms with Gasteiger partial charge in [-0.05, 0) is 59.5 Å². The average Bonchev–Trinajstić information content (AvgIpc) is 3.27. The molecule has 2 amide bonds. The fraction of sp³-hybridized carbons (Fsp3) is 0.543.